The molecule has 0 atom stereocenters. The number of nitro benzene ring substituents is 1. The lowest BCUT2D eigenvalue weighted by atomic mass is 10.1. The zero-order valence-corrected chi connectivity index (χ0v) is 10.7. The first-order valence-corrected chi connectivity index (χ1v) is 5.89. The molecule has 0 bridgehead atoms. The van der Waals surface area contributed by atoms with Gasteiger partial charge in [0.1, 0.15) is 11.6 Å². The van der Waals surface area contributed by atoms with Crippen molar-refractivity contribution in [3.05, 3.63) is 69.3 Å². The number of halogens is 2. The molecule has 0 saturated heterocycles. The van der Waals surface area contributed by atoms with E-state index in [4.69, 9.17) is 0 Å². The number of aryl methyl sites for hydroxylation is 1. The molecule has 0 aliphatic rings. The molecular weight excluding hydrogens is 266 g/mol. The molecule has 0 radical (unpaired) electrons. The van der Waals surface area contributed by atoms with Crippen LogP contribution in [-0.4, -0.2) is 4.92 Å². The van der Waals surface area contributed by atoms with Gasteiger partial charge in [0.15, 0.2) is 0 Å². The first kappa shape index (κ1) is 13.9. The van der Waals surface area contributed by atoms with Crippen LogP contribution >= 0.6 is 0 Å². The molecular formula is C14H12F2N2O2. The summed E-state index contributed by atoms with van der Waals surface area (Å²) in [6.07, 6.45) is 0. The average Bonchev–Trinajstić information content (AvgIpc) is 2.39. The quantitative estimate of drug-likeness (QED) is 0.683. The van der Waals surface area contributed by atoms with Gasteiger partial charge in [0.2, 0.25) is 0 Å². The van der Waals surface area contributed by atoms with Gasteiger partial charge in [-0.3, -0.25) is 10.1 Å². The monoisotopic (exact) mass is 278 g/mol. The Kier molecular flexibility index (Phi) is 3.93. The number of nitrogens with zero attached hydrogens (tertiary/aromatic N) is 1. The second-order valence-electron chi connectivity index (χ2n) is 4.38. The van der Waals surface area contributed by atoms with E-state index in [-0.39, 0.29) is 23.7 Å². The van der Waals surface area contributed by atoms with E-state index in [0.29, 0.717) is 5.56 Å². The Morgan fingerprint density at radius 2 is 1.90 bits per heavy atom. The molecule has 0 aliphatic carbocycles. The number of rotatable bonds is 4. The Morgan fingerprint density at radius 3 is 2.60 bits per heavy atom. The van der Waals surface area contributed by atoms with Crippen molar-refractivity contribution in [3.63, 3.8) is 0 Å². The molecule has 4 nitrogen and oxygen atoms in total. The predicted octanol–water partition coefficient (Wildman–Crippen LogP) is 3.79. The molecule has 20 heavy (non-hydrogen) atoms. The molecule has 0 saturated carbocycles. The van der Waals surface area contributed by atoms with E-state index < -0.39 is 10.7 Å². The predicted molar refractivity (Wildman–Crippen MR) is 71.5 cm³/mol. The number of hydrogen-bond donors (Lipinski definition) is 1. The maximum absolute atomic E-state index is 13.3. The highest BCUT2D eigenvalue weighted by atomic mass is 19.1. The van der Waals surface area contributed by atoms with Crippen LogP contribution < -0.4 is 5.32 Å². The summed E-state index contributed by atoms with van der Waals surface area (Å²) < 4.78 is 26.4. The van der Waals surface area contributed by atoms with Crippen molar-refractivity contribution in [3.8, 4) is 0 Å². The molecule has 2 aromatic carbocycles. The van der Waals surface area contributed by atoms with Crippen molar-refractivity contribution >= 4 is 11.4 Å². The standard InChI is InChI=1S/C14H12F2N2O2/c1-9-2-3-11(15)4-10(9)8-17-13-5-12(16)6-14(7-13)18(19)20/h2-7,17H,8H2,1H3. The second kappa shape index (κ2) is 5.64. The lowest BCUT2D eigenvalue weighted by Gasteiger charge is -2.09. The molecule has 0 unspecified atom stereocenters. The van der Waals surface area contributed by atoms with Crippen molar-refractivity contribution in [2.45, 2.75) is 13.5 Å². The fraction of sp³-hybridized carbons (Fsp3) is 0.143. The summed E-state index contributed by atoms with van der Waals surface area (Å²) in [6, 6.07) is 7.60. The van der Waals surface area contributed by atoms with E-state index >= 15 is 0 Å². The minimum Gasteiger partial charge on any atom is -0.381 e. The van der Waals surface area contributed by atoms with Gasteiger partial charge in [-0.2, -0.15) is 0 Å². The van der Waals surface area contributed by atoms with Gasteiger partial charge in [0, 0.05) is 18.3 Å². The fourth-order valence-corrected chi connectivity index (χ4v) is 1.81. The van der Waals surface area contributed by atoms with Crippen molar-refractivity contribution < 1.29 is 13.7 Å². The molecule has 2 aromatic rings. The van der Waals surface area contributed by atoms with Crippen LogP contribution in [0, 0.1) is 28.7 Å². The summed E-state index contributed by atoms with van der Waals surface area (Å²) in [6.45, 7) is 2.08. The van der Waals surface area contributed by atoms with E-state index in [1.54, 1.807) is 6.07 Å². The zero-order chi connectivity index (χ0) is 14.7. The van der Waals surface area contributed by atoms with Crippen LogP contribution in [0.15, 0.2) is 36.4 Å². The zero-order valence-electron chi connectivity index (χ0n) is 10.7. The average molecular weight is 278 g/mol. The molecule has 104 valence electrons. The van der Waals surface area contributed by atoms with Crippen molar-refractivity contribution in [1.29, 1.82) is 0 Å². The summed E-state index contributed by atoms with van der Waals surface area (Å²) >= 11 is 0. The smallest absolute Gasteiger partial charge is 0.274 e. The van der Waals surface area contributed by atoms with Gasteiger partial charge < -0.3 is 5.32 Å². The van der Waals surface area contributed by atoms with Gasteiger partial charge in [0.25, 0.3) is 5.69 Å². The number of hydrogen-bond acceptors (Lipinski definition) is 3. The van der Waals surface area contributed by atoms with Crippen LogP contribution in [0.1, 0.15) is 11.1 Å². The highest BCUT2D eigenvalue weighted by Gasteiger charge is 2.10. The van der Waals surface area contributed by atoms with Crippen LogP contribution in [-0.2, 0) is 6.54 Å². The highest BCUT2D eigenvalue weighted by Crippen LogP contribution is 2.21. The lowest BCUT2D eigenvalue weighted by molar-refractivity contribution is -0.385. The minimum absolute atomic E-state index is 0.254. The third kappa shape index (κ3) is 3.28. The van der Waals surface area contributed by atoms with Crippen LogP contribution in [0.25, 0.3) is 0 Å². The maximum Gasteiger partial charge on any atom is 0.274 e. The van der Waals surface area contributed by atoms with E-state index in [1.165, 1.54) is 18.2 Å². The molecule has 2 rings (SSSR count). The van der Waals surface area contributed by atoms with Crippen LogP contribution in [0.2, 0.25) is 0 Å². The van der Waals surface area contributed by atoms with E-state index in [0.717, 1.165) is 17.7 Å². The van der Waals surface area contributed by atoms with Crippen molar-refractivity contribution in [2.75, 3.05) is 5.32 Å². The highest BCUT2D eigenvalue weighted by molar-refractivity contribution is 5.52. The van der Waals surface area contributed by atoms with Crippen molar-refractivity contribution in [1.82, 2.24) is 0 Å². The largest absolute Gasteiger partial charge is 0.381 e. The summed E-state index contributed by atoms with van der Waals surface area (Å²) in [5.74, 6) is -1.06. The van der Waals surface area contributed by atoms with E-state index in [1.807, 2.05) is 6.92 Å². The maximum atomic E-state index is 13.3. The normalized spacial score (nSPS) is 10.3. The lowest BCUT2D eigenvalue weighted by Crippen LogP contribution is -2.03. The van der Waals surface area contributed by atoms with Gasteiger partial charge in [0.05, 0.1) is 11.0 Å². The van der Waals surface area contributed by atoms with Crippen LogP contribution in [0.4, 0.5) is 20.2 Å². The first-order chi connectivity index (χ1) is 9.45. The Balaban J connectivity index is 2.18. The number of nitro groups is 1. The molecule has 0 aliphatic heterocycles. The SMILES string of the molecule is Cc1ccc(F)cc1CNc1cc(F)cc([N+](=O)[O-])c1. The first-order valence-electron chi connectivity index (χ1n) is 5.89. The number of nitrogens with one attached hydrogen (secondary N) is 1. The Bertz CT molecular complexity index is 660. The van der Waals surface area contributed by atoms with Gasteiger partial charge >= 0.3 is 0 Å². The molecule has 1 N–H and O–H groups in total. The topological polar surface area (TPSA) is 55.2 Å². The number of benzene rings is 2. The Hall–Kier alpha value is -2.50. The third-order valence-electron chi connectivity index (χ3n) is 2.89. The molecule has 0 fully saturated rings. The number of non-ortho nitro benzene ring substituents is 1. The molecule has 0 aromatic heterocycles. The van der Waals surface area contributed by atoms with Gasteiger partial charge in [-0.25, -0.2) is 8.78 Å². The Labute approximate surface area is 114 Å². The fourth-order valence-electron chi connectivity index (χ4n) is 1.81. The van der Waals surface area contributed by atoms with Crippen LogP contribution in [0.3, 0.4) is 0 Å². The summed E-state index contributed by atoms with van der Waals surface area (Å²) in [7, 11) is 0. The van der Waals surface area contributed by atoms with Crippen molar-refractivity contribution in [2.24, 2.45) is 0 Å². The van der Waals surface area contributed by atoms with Crippen LogP contribution in [0.5, 0.6) is 0 Å². The van der Waals surface area contributed by atoms with E-state index in [2.05, 4.69) is 5.32 Å². The molecule has 0 spiro atoms. The van der Waals surface area contributed by atoms with Gasteiger partial charge in [-0.05, 0) is 36.2 Å². The summed E-state index contributed by atoms with van der Waals surface area (Å²) in [5.41, 5.74) is 1.53. The summed E-state index contributed by atoms with van der Waals surface area (Å²) in [4.78, 5) is 9.97. The Morgan fingerprint density at radius 1 is 1.15 bits per heavy atom. The van der Waals surface area contributed by atoms with E-state index in [9.17, 15) is 18.9 Å². The minimum atomic E-state index is -0.697. The summed E-state index contributed by atoms with van der Waals surface area (Å²) in [5, 5.41) is 13.5. The second-order valence-corrected chi connectivity index (χ2v) is 4.38. The third-order valence-corrected chi connectivity index (χ3v) is 2.89. The molecule has 0 amide bonds. The molecule has 6 heteroatoms. The number of anilines is 1. The van der Waals surface area contributed by atoms with Gasteiger partial charge in [-0.15, -0.1) is 0 Å². The molecule has 0 heterocycles. The van der Waals surface area contributed by atoms with Gasteiger partial charge in [-0.1, -0.05) is 6.07 Å².